The first kappa shape index (κ1) is 16.0. The maximum absolute atomic E-state index is 13.3. The van der Waals surface area contributed by atoms with Crippen LogP contribution in [0.1, 0.15) is 18.4 Å². The Labute approximate surface area is 147 Å². The molecule has 1 amide bonds. The second kappa shape index (κ2) is 6.80. The lowest BCUT2D eigenvalue weighted by atomic mass is 9.72. The zero-order valence-electron chi connectivity index (χ0n) is 14.1. The van der Waals surface area contributed by atoms with Gasteiger partial charge in [-0.1, -0.05) is 30.3 Å². The van der Waals surface area contributed by atoms with Crippen LogP contribution in [0.5, 0.6) is 0 Å². The highest BCUT2D eigenvalue weighted by atomic mass is 16.5. The molecule has 2 aromatic rings. The van der Waals surface area contributed by atoms with Gasteiger partial charge in [-0.2, -0.15) is 0 Å². The number of nitrogens with one attached hydrogen (secondary N) is 1. The summed E-state index contributed by atoms with van der Waals surface area (Å²) in [7, 11) is 0. The summed E-state index contributed by atoms with van der Waals surface area (Å²) in [5.41, 5.74) is 0.652. The first-order valence-electron chi connectivity index (χ1n) is 8.74. The molecular formula is C19H22N4O2. The van der Waals surface area contributed by atoms with E-state index in [-0.39, 0.29) is 11.9 Å². The van der Waals surface area contributed by atoms with E-state index in [2.05, 4.69) is 27.4 Å². The van der Waals surface area contributed by atoms with Crippen LogP contribution in [0.2, 0.25) is 0 Å². The normalized spacial score (nSPS) is 19.9. The Morgan fingerprint density at radius 3 is 2.44 bits per heavy atom. The molecule has 2 saturated heterocycles. The highest BCUT2D eigenvalue weighted by Crippen LogP contribution is 2.37. The molecule has 6 nitrogen and oxygen atoms in total. The number of amides is 1. The van der Waals surface area contributed by atoms with E-state index in [9.17, 15) is 4.79 Å². The second-order valence-electron chi connectivity index (χ2n) is 6.68. The van der Waals surface area contributed by atoms with Gasteiger partial charge in [0.05, 0.1) is 11.5 Å². The fourth-order valence-corrected chi connectivity index (χ4v) is 3.70. The number of aromatic nitrogens is 2. The summed E-state index contributed by atoms with van der Waals surface area (Å²) >= 11 is 0. The van der Waals surface area contributed by atoms with Gasteiger partial charge in [-0.15, -0.1) is 0 Å². The van der Waals surface area contributed by atoms with Crippen LogP contribution in [0, 0.1) is 0 Å². The number of likely N-dealkylation sites (tertiary alicyclic amines) is 1. The van der Waals surface area contributed by atoms with Gasteiger partial charge in [-0.05, 0) is 24.5 Å². The highest BCUT2D eigenvalue weighted by molar-refractivity contribution is 5.89. The molecule has 2 aliphatic rings. The molecule has 0 spiro atoms. The van der Waals surface area contributed by atoms with E-state index in [0.29, 0.717) is 32.3 Å². The molecule has 0 unspecified atom stereocenters. The van der Waals surface area contributed by atoms with Gasteiger partial charge in [0.2, 0.25) is 11.9 Å². The average Bonchev–Trinajstić information content (AvgIpc) is 2.66. The number of nitrogens with zero attached hydrogens (tertiary/aromatic N) is 3. The first-order valence-corrected chi connectivity index (χ1v) is 8.74. The number of ether oxygens (including phenoxy) is 1. The summed E-state index contributed by atoms with van der Waals surface area (Å²) in [6, 6.07) is 12.1. The number of rotatable bonds is 4. The third-order valence-electron chi connectivity index (χ3n) is 5.15. The Balaban J connectivity index is 1.46. The van der Waals surface area contributed by atoms with Crippen LogP contribution in [-0.2, 0) is 14.9 Å². The molecule has 3 heterocycles. The number of hydrogen-bond acceptors (Lipinski definition) is 5. The van der Waals surface area contributed by atoms with Crippen LogP contribution < -0.4 is 5.32 Å². The van der Waals surface area contributed by atoms with Gasteiger partial charge in [-0.3, -0.25) is 4.79 Å². The van der Waals surface area contributed by atoms with Gasteiger partial charge < -0.3 is 15.0 Å². The summed E-state index contributed by atoms with van der Waals surface area (Å²) < 4.78 is 5.53. The zero-order valence-corrected chi connectivity index (χ0v) is 14.1. The van der Waals surface area contributed by atoms with E-state index in [4.69, 9.17) is 4.74 Å². The van der Waals surface area contributed by atoms with Gasteiger partial charge >= 0.3 is 0 Å². The summed E-state index contributed by atoms with van der Waals surface area (Å²) in [6.07, 6.45) is 4.91. The number of anilines is 1. The fourth-order valence-electron chi connectivity index (χ4n) is 3.70. The molecule has 0 radical (unpaired) electrons. The molecule has 4 rings (SSSR count). The monoisotopic (exact) mass is 338 g/mol. The van der Waals surface area contributed by atoms with Crippen molar-refractivity contribution in [2.75, 3.05) is 31.6 Å². The SMILES string of the molecule is O=C(N1CC(Nc2ncccn2)C1)C1(c2ccccc2)CCOCC1. The predicted molar refractivity (Wildman–Crippen MR) is 94.2 cm³/mol. The van der Waals surface area contributed by atoms with Crippen molar-refractivity contribution in [3.05, 3.63) is 54.4 Å². The smallest absolute Gasteiger partial charge is 0.233 e. The van der Waals surface area contributed by atoms with E-state index in [1.54, 1.807) is 18.5 Å². The quantitative estimate of drug-likeness (QED) is 0.921. The number of carbonyl (C=O) groups is 1. The van der Waals surface area contributed by atoms with Crippen molar-refractivity contribution < 1.29 is 9.53 Å². The molecule has 1 aromatic heterocycles. The summed E-state index contributed by atoms with van der Waals surface area (Å²) in [4.78, 5) is 23.6. The molecule has 0 bridgehead atoms. The van der Waals surface area contributed by atoms with Crippen molar-refractivity contribution >= 4 is 11.9 Å². The average molecular weight is 338 g/mol. The summed E-state index contributed by atoms with van der Waals surface area (Å²) in [5.74, 6) is 0.831. The predicted octanol–water partition coefficient (Wildman–Crippen LogP) is 1.85. The standard InChI is InChI=1S/C19H22N4O2/c24-17(23-13-16(14-23)22-18-20-9-4-10-21-18)19(7-11-25-12-8-19)15-5-2-1-3-6-15/h1-6,9-10,16H,7-8,11-14H2,(H,20,21,22). The van der Waals surface area contributed by atoms with Crippen molar-refractivity contribution in [3.63, 3.8) is 0 Å². The minimum atomic E-state index is -0.451. The van der Waals surface area contributed by atoms with E-state index < -0.39 is 5.41 Å². The van der Waals surface area contributed by atoms with Gasteiger partial charge in [-0.25, -0.2) is 9.97 Å². The molecule has 1 aromatic carbocycles. The Morgan fingerprint density at radius 1 is 1.08 bits per heavy atom. The molecule has 2 fully saturated rings. The summed E-state index contributed by atoms with van der Waals surface area (Å²) in [6.45, 7) is 2.64. The third kappa shape index (κ3) is 3.09. The van der Waals surface area contributed by atoms with Crippen molar-refractivity contribution in [1.82, 2.24) is 14.9 Å². The van der Waals surface area contributed by atoms with Crippen LogP contribution >= 0.6 is 0 Å². The van der Waals surface area contributed by atoms with E-state index in [0.717, 1.165) is 18.4 Å². The topological polar surface area (TPSA) is 67.4 Å². The summed E-state index contributed by atoms with van der Waals surface area (Å²) in [5, 5.41) is 3.28. The van der Waals surface area contributed by atoms with Crippen molar-refractivity contribution in [2.24, 2.45) is 0 Å². The molecule has 2 aliphatic heterocycles. The van der Waals surface area contributed by atoms with Crippen molar-refractivity contribution in [3.8, 4) is 0 Å². The fraction of sp³-hybridized carbons (Fsp3) is 0.421. The van der Waals surface area contributed by atoms with Gasteiger partial charge in [0.1, 0.15) is 0 Å². The third-order valence-corrected chi connectivity index (χ3v) is 5.15. The molecule has 6 heteroatoms. The first-order chi connectivity index (χ1) is 12.3. The number of carbonyl (C=O) groups excluding carboxylic acids is 1. The number of benzene rings is 1. The Morgan fingerprint density at radius 2 is 1.76 bits per heavy atom. The van der Waals surface area contributed by atoms with E-state index >= 15 is 0 Å². The lowest BCUT2D eigenvalue weighted by Gasteiger charge is -2.46. The molecular weight excluding hydrogens is 316 g/mol. The largest absolute Gasteiger partial charge is 0.381 e. The van der Waals surface area contributed by atoms with Crippen molar-refractivity contribution in [1.29, 1.82) is 0 Å². The Kier molecular flexibility index (Phi) is 4.36. The van der Waals surface area contributed by atoms with Crippen LogP contribution in [0.4, 0.5) is 5.95 Å². The van der Waals surface area contributed by atoms with Crippen LogP contribution in [-0.4, -0.2) is 53.1 Å². The van der Waals surface area contributed by atoms with Gasteiger partial charge in [0.15, 0.2) is 0 Å². The molecule has 130 valence electrons. The minimum absolute atomic E-state index is 0.207. The molecule has 1 N–H and O–H groups in total. The molecule has 0 saturated carbocycles. The lowest BCUT2D eigenvalue weighted by Crippen LogP contribution is -2.62. The van der Waals surface area contributed by atoms with Crippen LogP contribution in [0.25, 0.3) is 0 Å². The highest BCUT2D eigenvalue weighted by Gasteiger charge is 2.46. The maximum atomic E-state index is 13.3. The van der Waals surface area contributed by atoms with E-state index in [1.807, 2.05) is 23.1 Å². The number of hydrogen-bond donors (Lipinski definition) is 1. The van der Waals surface area contributed by atoms with Gasteiger partial charge in [0, 0.05) is 38.7 Å². The minimum Gasteiger partial charge on any atom is -0.381 e. The zero-order chi connectivity index (χ0) is 17.1. The van der Waals surface area contributed by atoms with E-state index in [1.165, 1.54) is 0 Å². The van der Waals surface area contributed by atoms with Gasteiger partial charge in [0.25, 0.3) is 0 Å². The molecule has 0 aliphatic carbocycles. The Hall–Kier alpha value is -2.47. The van der Waals surface area contributed by atoms with Crippen molar-refractivity contribution in [2.45, 2.75) is 24.3 Å². The second-order valence-corrected chi connectivity index (χ2v) is 6.68. The molecule has 25 heavy (non-hydrogen) atoms. The van der Waals surface area contributed by atoms with Crippen LogP contribution in [0.3, 0.4) is 0 Å². The Bertz CT molecular complexity index is 711. The molecule has 0 atom stereocenters. The maximum Gasteiger partial charge on any atom is 0.233 e. The lowest BCUT2D eigenvalue weighted by molar-refractivity contribution is -0.145. The van der Waals surface area contributed by atoms with Crippen LogP contribution in [0.15, 0.2) is 48.8 Å².